The Morgan fingerprint density at radius 1 is 0.485 bits per heavy atom. The number of benzene rings is 4. The van der Waals surface area contributed by atoms with Crippen molar-refractivity contribution in [3.8, 4) is 0 Å². The zero-order chi connectivity index (χ0) is 23.5. The highest BCUT2D eigenvalue weighted by atomic mass is 79.9. The van der Waals surface area contributed by atoms with Gasteiger partial charge < -0.3 is 4.74 Å². The molecule has 2 unspecified atom stereocenters. The molecule has 2 atom stereocenters. The van der Waals surface area contributed by atoms with Crippen LogP contribution in [0.3, 0.4) is 0 Å². The minimum Gasteiger partial charge on any atom is -0.356 e. The second-order valence-electron chi connectivity index (χ2n) is 7.25. The molecule has 4 aromatic carbocycles. The molecule has 0 heterocycles. The molecule has 0 aliphatic carbocycles. The van der Waals surface area contributed by atoms with Crippen molar-refractivity contribution >= 4 is 31.9 Å². The minimum atomic E-state index is -1.11. The van der Waals surface area contributed by atoms with Crippen LogP contribution in [-0.2, 0) is 4.74 Å². The molecule has 168 valence electrons. The maximum absolute atomic E-state index is 15.0. The lowest BCUT2D eigenvalue weighted by atomic mass is 9.97. The van der Waals surface area contributed by atoms with Crippen LogP contribution in [0.15, 0.2) is 93.9 Å². The van der Waals surface area contributed by atoms with E-state index >= 15 is 8.78 Å². The molecule has 33 heavy (non-hydrogen) atoms. The summed E-state index contributed by atoms with van der Waals surface area (Å²) in [5.74, 6) is -4.30. The van der Waals surface area contributed by atoms with Crippen molar-refractivity contribution in [2.24, 2.45) is 0 Å². The molecule has 7 heteroatoms. The Balaban J connectivity index is 1.89. The summed E-state index contributed by atoms with van der Waals surface area (Å²) in [6.45, 7) is 0. The second kappa shape index (κ2) is 10.2. The van der Waals surface area contributed by atoms with E-state index in [2.05, 4.69) is 31.9 Å². The van der Waals surface area contributed by atoms with Crippen LogP contribution in [-0.4, -0.2) is 0 Å². The number of rotatable bonds is 6. The van der Waals surface area contributed by atoms with Crippen molar-refractivity contribution in [2.45, 2.75) is 12.2 Å². The van der Waals surface area contributed by atoms with Crippen molar-refractivity contribution in [1.29, 1.82) is 0 Å². The number of hydrogen-bond donors (Lipinski definition) is 0. The molecule has 0 saturated heterocycles. The first-order valence-corrected chi connectivity index (χ1v) is 11.5. The maximum Gasteiger partial charge on any atom is 0.173 e. The molecule has 0 radical (unpaired) electrons. The summed E-state index contributed by atoms with van der Waals surface area (Å²) in [4.78, 5) is 0. The summed E-state index contributed by atoms with van der Waals surface area (Å²) >= 11 is 5.97. The lowest BCUT2D eigenvalue weighted by Crippen LogP contribution is -2.16. The van der Waals surface area contributed by atoms with Crippen molar-refractivity contribution < 1.29 is 22.3 Å². The molecule has 4 aromatic rings. The van der Waals surface area contributed by atoms with Crippen LogP contribution in [0.5, 0.6) is 0 Å². The van der Waals surface area contributed by atoms with Crippen LogP contribution in [0.4, 0.5) is 17.6 Å². The lowest BCUT2D eigenvalue weighted by molar-refractivity contribution is 0.0263. The van der Waals surface area contributed by atoms with E-state index in [1.807, 2.05) is 0 Å². The highest BCUT2D eigenvalue weighted by Crippen LogP contribution is 2.39. The molecule has 0 N–H and O–H groups in total. The Morgan fingerprint density at radius 2 is 0.848 bits per heavy atom. The summed E-state index contributed by atoms with van der Waals surface area (Å²) in [5.41, 5.74) is 0.913. The largest absolute Gasteiger partial charge is 0.356 e. The highest BCUT2D eigenvalue weighted by Gasteiger charge is 2.29. The van der Waals surface area contributed by atoms with Crippen molar-refractivity contribution in [1.82, 2.24) is 0 Å². The van der Waals surface area contributed by atoms with Gasteiger partial charge in [0, 0.05) is 11.1 Å². The van der Waals surface area contributed by atoms with Crippen molar-refractivity contribution in [3.63, 3.8) is 0 Å². The SMILES string of the molecule is Fc1c(Br)ccc(C(OC(c2ccccc2)c2ccc(Br)c(F)c2F)c2ccccc2)c1F. The highest BCUT2D eigenvalue weighted by molar-refractivity contribution is 9.10. The van der Waals surface area contributed by atoms with Gasteiger partial charge in [-0.25, -0.2) is 17.6 Å². The lowest BCUT2D eigenvalue weighted by Gasteiger charge is -2.27. The first kappa shape index (κ1) is 23.7. The van der Waals surface area contributed by atoms with Gasteiger partial charge in [0.1, 0.15) is 12.2 Å². The van der Waals surface area contributed by atoms with Crippen molar-refractivity contribution in [3.05, 3.63) is 139 Å². The normalized spacial score (nSPS) is 13.0. The Bertz CT molecular complexity index is 1170. The van der Waals surface area contributed by atoms with Gasteiger partial charge in [-0.15, -0.1) is 0 Å². The van der Waals surface area contributed by atoms with E-state index in [0.29, 0.717) is 11.1 Å². The van der Waals surface area contributed by atoms with Gasteiger partial charge in [-0.2, -0.15) is 0 Å². The Labute approximate surface area is 205 Å². The average molecular weight is 580 g/mol. The third kappa shape index (κ3) is 4.90. The first-order chi connectivity index (χ1) is 15.9. The monoisotopic (exact) mass is 578 g/mol. The molecule has 0 spiro atoms. The van der Waals surface area contributed by atoms with Crippen LogP contribution in [0, 0.1) is 23.3 Å². The van der Waals surface area contributed by atoms with Gasteiger partial charge in [-0.05, 0) is 55.1 Å². The molecule has 0 aromatic heterocycles. The van der Waals surface area contributed by atoms with E-state index in [0.717, 1.165) is 0 Å². The zero-order valence-electron chi connectivity index (χ0n) is 16.9. The van der Waals surface area contributed by atoms with E-state index in [4.69, 9.17) is 4.74 Å². The van der Waals surface area contributed by atoms with Crippen LogP contribution < -0.4 is 0 Å². The molecule has 0 aliphatic rings. The first-order valence-electron chi connectivity index (χ1n) is 9.90. The molecule has 0 saturated carbocycles. The third-order valence-electron chi connectivity index (χ3n) is 5.17. The van der Waals surface area contributed by atoms with Crippen LogP contribution >= 0.6 is 31.9 Å². The van der Waals surface area contributed by atoms with Crippen LogP contribution in [0.1, 0.15) is 34.5 Å². The molecule has 0 amide bonds. The minimum absolute atomic E-state index is 0.0313. The zero-order valence-corrected chi connectivity index (χ0v) is 20.1. The van der Waals surface area contributed by atoms with Crippen LogP contribution in [0.25, 0.3) is 0 Å². The van der Waals surface area contributed by atoms with E-state index in [1.165, 1.54) is 24.3 Å². The Hall–Kier alpha value is -2.48. The fourth-order valence-corrected chi connectivity index (χ4v) is 4.15. The predicted octanol–water partition coefficient (Wildman–Crippen LogP) is 8.66. The van der Waals surface area contributed by atoms with Gasteiger partial charge >= 0.3 is 0 Å². The molecule has 0 bridgehead atoms. The van der Waals surface area contributed by atoms with Gasteiger partial charge in [0.15, 0.2) is 23.3 Å². The summed E-state index contributed by atoms with van der Waals surface area (Å²) in [7, 11) is 0. The fourth-order valence-electron chi connectivity index (χ4n) is 3.54. The summed E-state index contributed by atoms with van der Waals surface area (Å²) in [6.07, 6.45) is -2.21. The fraction of sp³-hybridized carbons (Fsp3) is 0.0769. The maximum atomic E-state index is 15.0. The molecule has 4 rings (SSSR count). The van der Waals surface area contributed by atoms with E-state index in [9.17, 15) is 8.78 Å². The van der Waals surface area contributed by atoms with Gasteiger partial charge in [0.05, 0.1) is 8.95 Å². The van der Waals surface area contributed by atoms with E-state index < -0.39 is 35.5 Å². The molecular weight excluding hydrogens is 564 g/mol. The number of hydrogen-bond acceptors (Lipinski definition) is 1. The Kier molecular flexibility index (Phi) is 7.32. The number of ether oxygens (including phenoxy) is 1. The topological polar surface area (TPSA) is 9.23 Å². The second-order valence-corrected chi connectivity index (χ2v) is 8.96. The van der Waals surface area contributed by atoms with Gasteiger partial charge in [0.25, 0.3) is 0 Å². The van der Waals surface area contributed by atoms with Crippen LogP contribution in [0.2, 0.25) is 0 Å². The molecule has 0 aliphatic heterocycles. The summed E-state index contributed by atoms with van der Waals surface area (Å²) in [5, 5.41) is 0. The summed E-state index contributed by atoms with van der Waals surface area (Å²) in [6, 6.07) is 22.8. The van der Waals surface area contributed by atoms with E-state index in [-0.39, 0.29) is 20.1 Å². The molecular formula is C26H16Br2F4O. The number of halogens is 6. The smallest absolute Gasteiger partial charge is 0.173 e. The van der Waals surface area contributed by atoms with Gasteiger partial charge in [-0.1, -0.05) is 72.8 Å². The standard InChI is InChI=1S/C26H16Br2F4O/c27-19-13-11-17(21(29)23(19)31)25(15-7-3-1-4-8-15)33-26(16-9-5-2-6-10-16)18-12-14-20(28)24(32)22(18)30/h1-14,25-26H. The average Bonchev–Trinajstić information content (AvgIpc) is 2.84. The predicted molar refractivity (Wildman–Crippen MR) is 126 cm³/mol. The Morgan fingerprint density at radius 3 is 1.21 bits per heavy atom. The van der Waals surface area contributed by atoms with Crippen molar-refractivity contribution in [2.75, 3.05) is 0 Å². The molecule has 1 nitrogen and oxygen atoms in total. The van der Waals surface area contributed by atoms with Gasteiger partial charge in [-0.3, -0.25) is 0 Å². The third-order valence-corrected chi connectivity index (χ3v) is 6.40. The van der Waals surface area contributed by atoms with Gasteiger partial charge in [0.2, 0.25) is 0 Å². The summed E-state index contributed by atoms with van der Waals surface area (Å²) < 4.78 is 65.1. The molecule has 0 fully saturated rings. The van der Waals surface area contributed by atoms with E-state index in [1.54, 1.807) is 60.7 Å². The quantitative estimate of drug-likeness (QED) is 0.164.